The number of benzene rings is 1. The van der Waals surface area contributed by atoms with Crippen LogP contribution in [0.3, 0.4) is 0 Å². The minimum Gasteiger partial charge on any atom is -0.468 e. The van der Waals surface area contributed by atoms with Gasteiger partial charge in [0.1, 0.15) is 6.61 Å². The van der Waals surface area contributed by atoms with Crippen molar-refractivity contribution in [3.63, 3.8) is 0 Å². The first-order chi connectivity index (χ1) is 20.2. The number of nitrogens with zero attached hydrogens (tertiary/aromatic N) is 3. The Morgan fingerprint density at radius 1 is 1.12 bits per heavy atom. The molecule has 1 saturated carbocycles. The van der Waals surface area contributed by atoms with Crippen molar-refractivity contribution >= 4 is 23.6 Å². The number of carbonyl (C=O) groups excluding carboxylic acids is 3. The molecule has 42 heavy (non-hydrogen) atoms. The number of amides is 2. The molecule has 0 spiro atoms. The molecule has 2 fully saturated rings. The number of ether oxygens (including phenoxy) is 2. The van der Waals surface area contributed by atoms with Crippen LogP contribution in [-0.2, 0) is 32.1 Å². The maximum absolute atomic E-state index is 14.4. The van der Waals surface area contributed by atoms with Crippen LogP contribution in [0.5, 0.6) is 0 Å². The summed E-state index contributed by atoms with van der Waals surface area (Å²) in [4.78, 5) is 43.1. The second-order valence-electron chi connectivity index (χ2n) is 11.2. The first-order valence-corrected chi connectivity index (χ1v) is 14.3. The van der Waals surface area contributed by atoms with Gasteiger partial charge in [0.15, 0.2) is 11.1 Å². The Bertz CT molecular complexity index is 1410. The predicted octanol–water partition coefficient (Wildman–Crippen LogP) is 4.52. The van der Waals surface area contributed by atoms with E-state index >= 15 is 0 Å². The molecular weight excluding hydrogens is 548 g/mol. The van der Waals surface area contributed by atoms with Crippen molar-refractivity contribution in [3.05, 3.63) is 65.6 Å². The van der Waals surface area contributed by atoms with Crippen LogP contribution in [0.15, 0.2) is 48.7 Å². The fourth-order valence-electron chi connectivity index (χ4n) is 6.00. The van der Waals surface area contributed by atoms with Gasteiger partial charge in [0.25, 0.3) is 5.92 Å². The third kappa shape index (κ3) is 6.52. The Labute approximate surface area is 242 Å². The molecule has 1 unspecified atom stereocenters. The van der Waals surface area contributed by atoms with Crippen LogP contribution in [0, 0.1) is 11.3 Å². The van der Waals surface area contributed by atoms with E-state index in [1.165, 1.54) is 4.52 Å². The summed E-state index contributed by atoms with van der Waals surface area (Å²) in [5.41, 5.74) is 0.0569. The van der Waals surface area contributed by atoms with Crippen LogP contribution in [-0.4, -0.2) is 52.1 Å². The van der Waals surface area contributed by atoms with Crippen LogP contribution in [0.2, 0.25) is 0 Å². The van der Waals surface area contributed by atoms with Gasteiger partial charge in [0.2, 0.25) is 5.91 Å². The van der Waals surface area contributed by atoms with Gasteiger partial charge in [-0.1, -0.05) is 56.0 Å². The highest BCUT2D eigenvalue weighted by Gasteiger charge is 2.57. The fraction of sp³-hybridized carbons (Fsp3) is 0.500. The van der Waals surface area contributed by atoms with Gasteiger partial charge in [-0.3, -0.25) is 9.59 Å². The standard InChI is InChI=1S/C30H35F2N5O5/c1-41-27(39)29(18-30(31,32)19-33-26(29)38)15-22-13-14-24-34-23(16-37(24)36-22)25(21-11-7-2-3-8-12-21)35-28(40)42-17-20-9-5-4-6-10-20/h4-6,9-10,13-14,16,21,25H,2-3,7-8,11-12,15,17-19H2,1H3,(H,33,38)(H,35,40)/t25-,29?/m0/s1. The lowest BCUT2D eigenvalue weighted by molar-refractivity contribution is -0.172. The number of rotatable bonds is 8. The SMILES string of the molecule is COC(=O)C1(Cc2ccc3nc([C@@H](NC(=O)OCc4ccccc4)C4CCCCCC4)cn3n2)CC(F)(F)CNC1=O. The number of fused-ring (bicyclic) bond motifs is 1. The Morgan fingerprint density at radius 2 is 1.86 bits per heavy atom. The molecule has 0 bridgehead atoms. The van der Waals surface area contributed by atoms with Gasteiger partial charge in [-0.25, -0.2) is 23.1 Å². The summed E-state index contributed by atoms with van der Waals surface area (Å²) in [6.45, 7) is -0.708. The van der Waals surface area contributed by atoms with Crippen LogP contribution in [0.25, 0.3) is 5.65 Å². The molecule has 1 saturated heterocycles. The topological polar surface area (TPSA) is 124 Å². The second kappa shape index (κ2) is 12.4. The fourth-order valence-corrected chi connectivity index (χ4v) is 6.00. The molecule has 1 aliphatic heterocycles. The lowest BCUT2D eigenvalue weighted by Crippen LogP contribution is -2.59. The number of imidazole rings is 1. The maximum atomic E-state index is 14.4. The van der Waals surface area contributed by atoms with Crippen LogP contribution in [0.4, 0.5) is 13.6 Å². The molecule has 3 heterocycles. The number of nitrogens with one attached hydrogen (secondary N) is 2. The number of esters is 1. The van der Waals surface area contributed by atoms with E-state index in [1.54, 1.807) is 18.3 Å². The lowest BCUT2D eigenvalue weighted by Gasteiger charge is -2.37. The second-order valence-corrected chi connectivity index (χ2v) is 11.2. The number of hydrogen-bond acceptors (Lipinski definition) is 7. The normalized spacial score (nSPS) is 21.6. The van der Waals surface area contributed by atoms with Crippen molar-refractivity contribution in [3.8, 4) is 0 Å². The van der Waals surface area contributed by atoms with Gasteiger partial charge >= 0.3 is 12.1 Å². The minimum atomic E-state index is -3.28. The van der Waals surface area contributed by atoms with Crippen molar-refractivity contribution in [2.45, 2.75) is 69.9 Å². The van der Waals surface area contributed by atoms with Crippen molar-refractivity contribution in [1.29, 1.82) is 0 Å². The molecule has 1 aromatic carbocycles. The van der Waals surface area contributed by atoms with E-state index < -0.39 is 48.3 Å². The molecule has 3 aromatic rings. The molecule has 2 amide bonds. The van der Waals surface area contributed by atoms with Crippen LogP contribution in [0.1, 0.15) is 67.9 Å². The summed E-state index contributed by atoms with van der Waals surface area (Å²) < 4.78 is 40.5. The van der Waals surface area contributed by atoms with Crippen molar-refractivity contribution in [1.82, 2.24) is 25.2 Å². The molecule has 2 aromatic heterocycles. The van der Waals surface area contributed by atoms with E-state index in [-0.39, 0.29) is 24.6 Å². The molecular formula is C30H35F2N5O5. The quantitative estimate of drug-likeness (QED) is 0.227. The monoisotopic (exact) mass is 583 g/mol. The highest BCUT2D eigenvalue weighted by Crippen LogP contribution is 2.40. The van der Waals surface area contributed by atoms with E-state index in [4.69, 9.17) is 14.5 Å². The lowest BCUT2D eigenvalue weighted by atomic mass is 9.74. The van der Waals surface area contributed by atoms with Gasteiger partial charge in [-0.05, 0) is 36.5 Å². The smallest absolute Gasteiger partial charge is 0.408 e. The average Bonchev–Trinajstić information content (AvgIpc) is 3.21. The van der Waals surface area contributed by atoms with Crippen molar-refractivity contribution < 1.29 is 32.6 Å². The highest BCUT2D eigenvalue weighted by atomic mass is 19.3. The third-order valence-corrected chi connectivity index (χ3v) is 8.13. The number of alkyl halides is 2. The Kier molecular flexibility index (Phi) is 8.69. The Hall–Kier alpha value is -4.09. The van der Waals surface area contributed by atoms with E-state index in [0.29, 0.717) is 11.3 Å². The van der Waals surface area contributed by atoms with Crippen molar-refractivity contribution in [2.75, 3.05) is 13.7 Å². The van der Waals surface area contributed by atoms with E-state index in [1.807, 2.05) is 30.3 Å². The zero-order chi connectivity index (χ0) is 29.7. The molecule has 2 atom stereocenters. The molecule has 0 radical (unpaired) electrons. The summed E-state index contributed by atoms with van der Waals surface area (Å²) in [5.74, 6) is -5.00. The van der Waals surface area contributed by atoms with Gasteiger partial charge < -0.3 is 20.1 Å². The summed E-state index contributed by atoms with van der Waals surface area (Å²) in [5, 5.41) is 9.68. The summed E-state index contributed by atoms with van der Waals surface area (Å²) in [7, 11) is 1.06. The van der Waals surface area contributed by atoms with E-state index in [9.17, 15) is 23.2 Å². The molecule has 12 heteroatoms. The largest absolute Gasteiger partial charge is 0.468 e. The maximum Gasteiger partial charge on any atom is 0.408 e. The van der Waals surface area contributed by atoms with Gasteiger partial charge in [0, 0.05) is 12.8 Å². The first kappa shape index (κ1) is 29.4. The molecule has 5 rings (SSSR count). The Morgan fingerprint density at radius 3 is 2.57 bits per heavy atom. The molecule has 1 aliphatic carbocycles. The van der Waals surface area contributed by atoms with Crippen LogP contribution >= 0.6 is 0 Å². The number of halogens is 2. The number of methoxy groups -OCH3 is 1. The third-order valence-electron chi connectivity index (χ3n) is 8.13. The van der Waals surface area contributed by atoms with E-state index in [2.05, 4.69) is 15.7 Å². The number of alkyl carbamates (subject to hydrolysis) is 1. The Balaban J connectivity index is 1.40. The van der Waals surface area contributed by atoms with Gasteiger partial charge in [-0.2, -0.15) is 5.10 Å². The minimum absolute atomic E-state index is 0.134. The molecule has 224 valence electrons. The zero-order valence-corrected chi connectivity index (χ0v) is 23.5. The summed E-state index contributed by atoms with van der Waals surface area (Å²) >= 11 is 0. The first-order valence-electron chi connectivity index (χ1n) is 14.3. The van der Waals surface area contributed by atoms with Crippen molar-refractivity contribution in [2.24, 2.45) is 11.3 Å². The number of carbonyl (C=O) groups is 3. The van der Waals surface area contributed by atoms with Crippen LogP contribution < -0.4 is 10.6 Å². The average molecular weight is 584 g/mol. The molecule has 10 nitrogen and oxygen atoms in total. The van der Waals surface area contributed by atoms with E-state index in [0.717, 1.165) is 51.2 Å². The van der Waals surface area contributed by atoms with Gasteiger partial charge in [0.05, 0.1) is 37.3 Å². The predicted molar refractivity (Wildman–Crippen MR) is 147 cm³/mol. The number of aromatic nitrogens is 3. The number of hydrogen-bond donors (Lipinski definition) is 2. The van der Waals surface area contributed by atoms with Gasteiger partial charge in [-0.15, -0.1) is 0 Å². The highest BCUT2D eigenvalue weighted by molar-refractivity contribution is 6.03. The molecule has 2 N–H and O–H groups in total. The summed E-state index contributed by atoms with van der Waals surface area (Å²) in [6, 6.07) is 12.2. The summed E-state index contributed by atoms with van der Waals surface area (Å²) in [6.07, 6.45) is 5.96. The zero-order valence-electron chi connectivity index (χ0n) is 23.5. The molecule has 2 aliphatic rings. The number of piperidine rings is 1.